The molecule has 1 atom stereocenters. The van der Waals surface area contributed by atoms with Crippen LogP contribution in [0.3, 0.4) is 0 Å². The van der Waals surface area contributed by atoms with E-state index < -0.39 is 0 Å². The van der Waals surface area contributed by atoms with Gasteiger partial charge in [0.2, 0.25) is 0 Å². The van der Waals surface area contributed by atoms with E-state index in [1.807, 2.05) is 13.1 Å². The Morgan fingerprint density at radius 3 is 2.56 bits per heavy atom. The van der Waals surface area contributed by atoms with Crippen molar-refractivity contribution in [2.24, 2.45) is 4.99 Å². The van der Waals surface area contributed by atoms with E-state index in [2.05, 4.69) is 80.0 Å². The highest BCUT2D eigenvalue weighted by Crippen LogP contribution is 2.27. The van der Waals surface area contributed by atoms with Crippen LogP contribution in [-0.2, 0) is 6.54 Å². The molecule has 0 bridgehead atoms. The molecule has 2 aromatic carbocycles. The number of anilines is 1. The normalized spacial score (nSPS) is 17.6. The minimum absolute atomic E-state index is 0.289. The van der Waals surface area contributed by atoms with Gasteiger partial charge in [-0.2, -0.15) is 0 Å². The first-order valence-electron chi connectivity index (χ1n) is 11.6. The van der Waals surface area contributed by atoms with Crippen molar-refractivity contribution in [1.29, 1.82) is 0 Å². The van der Waals surface area contributed by atoms with Gasteiger partial charge in [-0.3, -0.25) is 9.89 Å². The summed E-state index contributed by atoms with van der Waals surface area (Å²) in [6, 6.07) is 17.5. The predicted octanol–water partition coefficient (Wildman–Crippen LogP) is 3.57. The number of hydrogen-bond acceptors (Lipinski definition) is 4. The third-order valence-electron chi connectivity index (χ3n) is 6.30. The Morgan fingerprint density at radius 1 is 1.03 bits per heavy atom. The van der Waals surface area contributed by atoms with Crippen molar-refractivity contribution in [2.75, 3.05) is 51.8 Å². The molecule has 1 saturated heterocycles. The fraction of sp³-hybridized carbons (Fsp3) is 0.423. The summed E-state index contributed by atoms with van der Waals surface area (Å²) in [5, 5.41) is 7.04. The maximum Gasteiger partial charge on any atom is 0.191 e. The highest BCUT2D eigenvalue weighted by atomic mass is 16.5. The first-order chi connectivity index (χ1) is 15.8. The molecule has 4 rings (SSSR count). The maximum atomic E-state index is 5.47. The van der Waals surface area contributed by atoms with E-state index in [1.165, 1.54) is 29.7 Å². The Kier molecular flexibility index (Phi) is 7.67. The number of benzene rings is 2. The number of methoxy groups -OCH3 is 1. The van der Waals surface area contributed by atoms with Gasteiger partial charge in [-0.05, 0) is 61.3 Å². The average molecular weight is 434 g/mol. The van der Waals surface area contributed by atoms with Crippen LogP contribution in [-0.4, -0.2) is 57.7 Å². The van der Waals surface area contributed by atoms with Crippen LogP contribution in [0.15, 0.2) is 65.7 Å². The largest absolute Gasteiger partial charge is 0.497 e. The van der Waals surface area contributed by atoms with E-state index >= 15 is 0 Å². The number of rotatable bonds is 8. The average Bonchev–Trinajstić information content (AvgIpc) is 3.56. The molecule has 1 fully saturated rings. The zero-order chi connectivity index (χ0) is 22.2. The van der Waals surface area contributed by atoms with E-state index in [9.17, 15) is 0 Å². The smallest absolute Gasteiger partial charge is 0.191 e. The fourth-order valence-electron chi connectivity index (χ4n) is 4.51. The second-order valence-electron chi connectivity index (χ2n) is 8.39. The summed E-state index contributed by atoms with van der Waals surface area (Å²) in [5.74, 6) is 1.73. The molecular weight excluding hydrogens is 398 g/mol. The van der Waals surface area contributed by atoms with Gasteiger partial charge < -0.3 is 20.3 Å². The molecule has 0 aliphatic carbocycles. The van der Waals surface area contributed by atoms with E-state index in [1.54, 1.807) is 7.11 Å². The predicted molar refractivity (Wildman–Crippen MR) is 133 cm³/mol. The third kappa shape index (κ3) is 5.62. The van der Waals surface area contributed by atoms with Gasteiger partial charge in [0.15, 0.2) is 5.96 Å². The fourth-order valence-corrected chi connectivity index (χ4v) is 4.51. The van der Waals surface area contributed by atoms with Crippen molar-refractivity contribution in [1.82, 2.24) is 15.5 Å². The molecule has 6 nitrogen and oxygen atoms in total. The van der Waals surface area contributed by atoms with E-state index in [4.69, 9.17) is 4.74 Å². The molecule has 2 N–H and O–H groups in total. The maximum absolute atomic E-state index is 5.47. The van der Waals surface area contributed by atoms with Crippen molar-refractivity contribution in [2.45, 2.75) is 25.4 Å². The van der Waals surface area contributed by atoms with Crippen LogP contribution in [0.25, 0.3) is 0 Å². The number of hydrogen-bond donors (Lipinski definition) is 2. The SMILES string of the molecule is CN=C(NCc1cccc(N2CC=CC2)c1)NCC(c1cccc(OC)c1)N1CCCC1. The Bertz CT molecular complexity index is 927. The summed E-state index contributed by atoms with van der Waals surface area (Å²) >= 11 is 0. The quantitative estimate of drug-likeness (QED) is 0.379. The lowest BCUT2D eigenvalue weighted by atomic mass is 10.1. The molecule has 0 amide bonds. The van der Waals surface area contributed by atoms with E-state index in [0.717, 1.165) is 51.0 Å². The summed E-state index contributed by atoms with van der Waals surface area (Å²) < 4.78 is 5.47. The molecule has 1 unspecified atom stereocenters. The number of ether oxygens (including phenoxy) is 1. The standard InChI is InChI=1S/C26H35N5O/c1-27-26(28-19-21-9-7-11-23(17-21)30-13-3-4-14-30)29-20-25(31-15-5-6-16-31)22-10-8-12-24(18-22)32-2/h3-4,7-12,17-18,25H,5-6,13-16,19-20H2,1-2H3,(H2,27,28,29). The Labute approximate surface area is 192 Å². The van der Waals surface area contributed by atoms with Crippen molar-refractivity contribution in [3.63, 3.8) is 0 Å². The van der Waals surface area contributed by atoms with Gasteiger partial charge in [0.25, 0.3) is 0 Å². The monoisotopic (exact) mass is 433 g/mol. The zero-order valence-electron chi connectivity index (χ0n) is 19.3. The van der Waals surface area contributed by atoms with Crippen LogP contribution in [0.2, 0.25) is 0 Å². The first-order valence-corrected chi connectivity index (χ1v) is 11.6. The van der Waals surface area contributed by atoms with Crippen LogP contribution < -0.4 is 20.3 Å². The molecule has 2 aromatic rings. The molecule has 6 heteroatoms. The van der Waals surface area contributed by atoms with Gasteiger partial charge in [0.1, 0.15) is 5.75 Å². The van der Waals surface area contributed by atoms with Gasteiger partial charge in [0.05, 0.1) is 13.2 Å². The molecule has 2 aliphatic rings. The molecule has 2 aliphatic heterocycles. The van der Waals surface area contributed by atoms with Gasteiger partial charge in [0, 0.05) is 38.9 Å². The Balaban J connectivity index is 1.37. The van der Waals surface area contributed by atoms with Gasteiger partial charge in [-0.1, -0.05) is 36.4 Å². The van der Waals surface area contributed by atoms with Crippen LogP contribution in [0.5, 0.6) is 5.75 Å². The van der Waals surface area contributed by atoms with E-state index in [-0.39, 0.29) is 6.04 Å². The number of nitrogens with zero attached hydrogens (tertiary/aromatic N) is 3. The summed E-state index contributed by atoms with van der Waals surface area (Å²) in [6.45, 7) is 5.78. The Hall–Kier alpha value is -2.99. The number of aliphatic imine (C=N–C) groups is 1. The second kappa shape index (κ2) is 11.0. The number of guanidine groups is 1. The number of nitrogens with one attached hydrogen (secondary N) is 2. The minimum Gasteiger partial charge on any atom is -0.497 e. The van der Waals surface area contributed by atoms with Crippen molar-refractivity contribution in [3.05, 3.63) is 71.8 Å². The lowest BCUT2D eigenvalue weighted by molar-refractivity contribution is 0.245. The highest BCUT2D eigenvalue weighted by Gasteiger charge is 2.24. The third-order valence-corrected chi connectivity index (χ3v) is 6.30. The van der Waals surface area contributed by atoms with Gasteiger partial charge in [-0.15, -0.1) is 0 Å². The highest BCUT2D eigenvalue weighted by molar-refractivity contribution is 5.79. The van der Waals surface area contributed by atoms with Crippen LogP contribution in [0.4, 0.5) is 5.69 Å². The summed E-state index contributed by atoms with van der Waals surface area (Å²) in [4.78, 5) is 9.38. The molecule has 0 radical (unpaired) electrons. The molecular formula is C26H35N5O. The number of likely N-dealkylation sites (tertiary alicyclic amines) is 1. The molecule has 0 spiro atoms. The summed E-state index contributed by atoms with van der Waals surface area (Å²) in [6.07, 6.45) is 6.96. The van der Waals surface area contributed by atoms with Crippen LogP contribution in [0, 0.1) is 0 Å². The van der Waals surface area contributed by atoms with Gasteiger partial charge >= 0.3 is 0 Å². The Morgan fingerprint density at radius 2 is 1.81 bits per heavy atom. The minimum atomic E-state index is 0.289. The molecule has 170 valence electrons. The van der Waals surface area contributed by atoms with Crippen molar-refractivity contribution < 1.29 is 4.74 Å². The summed E-state index contributed by atoms with van der Waals surface area (Å²) in [7, 11) is 3.56. The molecule has 2 heterocycles. The van der Waals surface area contributed by atoms with E-state index in [0.29, 0.717) is 0 Å². The summed E-state index contributed by atoms with van der Waals surface area (Å²) in [5.41, 5.74) is 3.80. The first kappa shape index (κ1) is 22.2. The zero-order valence-corrected chi connectivity index (χ0v) is 19.3. The van der Waals surface area contributed by atoms with Crippen LogP contribution in [0.1, 0.15) is 30.0 Å². The lowest BCUT2D eigenvalue weighted by Gasteiger charge is -2.29. The molecule has 0 aromatic heterocycles. The molecule has 32 heavy (non-hydrogen) atoms. The van der Waals surface area contributed by atoms with Crippen molar-refractivity contribution in [3.8, 4) is 5.75 Å². The lowest BCUT2D eigenvalue weighted by Crippen LogP contribution is -2.42. The van der Waals surface area contributed by atoms with Gasteiger partial charge in [-0.25, -0.2) is 0 Å². The second-order valence-corrected chi connectivity index (χ2v) is 8.39. The topological polar surface area (TPSA) is 52.1 Å². The van der Waals surface area contributed by atoms with Crippen LogP contribution >= 0.6 is 0 Å². The molecule has 0 saturated carbocycles. The van der Waals surface area contributed by atoms with Crippen molar-refractivity contribution >= 4 is 11.6 Å².